The van der Waals surface area contributed by atoms with Gasteiger partial charge in [-0.05, 0) is 29.6 Å². The zero-order valence-corrected chi connectivity index (χ0v) is 35.0. The van der Waals surface area contributed by atoms with Crippen molar-refractivity contribution in [2.24, 2.45) is 0 Å². The fraction of sp³-hybridized carbons (Fsp3) is 0.174. The third kappa shape index (κ3) is 8.19. The van der Waals surface area contributed by atoms with Crippen LogP contribution in [0.3, 0.4) is 0 Å². The number of fused-ring (bicyclic) bond motifs is 3. The van der Waals surface area contributed by atoms with Crippen LogP contribution in [-0.4, -0.2) is 24.5 Å². The van der Waals surface area contributed by atoms with E-state index in [2.05, 4.69) is 97.9 Å². The molecule has 0 N–H and O–H groups in total. The molecule has 0 aliphatic heterocycles. The summed E-state index contributed by atoms with van der Waals surface area (Å²) in [5, 5.41) is 1.96. The van der Waals surface area contributed by atoms with E-state index in [9.17, 15) is 0 Å². The molecule has 0 bridgehead atoms. The number of aromatic nitrogens is 5. The van der Waals surface area contributed by atoms with Crippen LogP contribution in [0.1, 0.15) is 52.7 Å². The van der Waals surface area contributed by atoms with E-state index in [1.807, 2.05) is 77.4 Å². The van der Waals surface area contributed by atoms with Crippen LogP contribution in [0.15, 0.2) is 116 Å². The van der Waals surface area contributed by atoms with E-state index in [-0.39, 0.29) is 52.3 Å². The van der Waals surface area contributed by atoms with Gasteiger partial charge < -0.3 is 24.0 Å². The molecule has 0 radical (unpaired) electrons. The molecule has 0 saturated carbocycles. The van der Waals surface area contributed by atoms with Gasteiger partial charge in [0.2, 0.25) is 5.95 Å². The Kier molecular flexibility index (Phi) is 11.6. The van der Waals surface area contributed by atoms with E-state index in [0.29, 0.717) is 28.9 Å². The van der Waals surface area contributed by atoms with Gasteiger partial charge in [-0.25, -0.2) is 9.97 Å². The molecule has 0 spiro atoms. The third-order valence-corrected chi connectivity index (χ3v) is 8.99. The predicted molar refractivity (Wildman–Crippen MR) is 209 cm³/mol. The van der Waals surface area contributed by atoms with Crippen LogP contribution in [-0.2, 0) is 52.3 Å². The first-order chi connectivity index (χ1) is 25.5. The number of rotatable bonds is 7. The molecule has 0 unspecified atom stereocenters. The van der Waals surface area contributed by atoms with E-state index in [4.69, 9.17) is 9.47 Å². The summed E-state index contributed by atoms with van der Waals surface area (Å²) < 4.78 is 15.3. The zero-order chi connectivity index (χ0) is 36.7. The maximum absolute atomic E-state index is 6.68. The van der Waals surface area contributed by atoms with Gasteiger partial charge in [0.1, 0.15) is 0 Å². The Morgan fingerprint density at radius 1 is 0.509 bits per heavy atom. The molecule has 4 aromatic heterocycles. The second kappa shape index (κ2) is 16.0. The van der Waals surface area contributed by atoms with Crippen LogP contribution in [0.4, 0.5) is 0 Å². The molecule has 9 heteroatoms. The fourth-order valence-corrected chi connectivity index (χ4v) is 6.38. The second-order valence-electron chi connectivity index (χ2n) is 14.9. The van der Waals surface area contributed by atoms with Crippen molar-refractivity contribution >= 4 is 21.8 Å². The minimum atomic E-state index is -0.287. The first kappa shape index (κ1) is 39.7. The molecule has 0 aliphatic rings. The van der Waals surface area contributed by atoms with Crippen molar-refractivity contribution in [3.05, 3.63) is 151 Å². The van der Waals surface area contributed by atoms with Crippen molar-refractivity contribution in [3.8, 4) is 51.5 Å². The monoisotopic (exact) mass is 992 g/mol. The molecule has 0 amide bonds. The van der Waals surface area contributed by atoms with Gasteiger partial charge in [-0.2, -0.15) is 22.9 Å². The quantitative estimate of drug-likeness (QED) is 0.117. The number of hydrogen-bond acceptors (Lipinski definition) is 6. The molecule has 8 aromatic rings. The molecule has 0 aliphatic carbocycles. The first-order valence-corrected chi connectivity index (χ1v) is 17.6. The molecule has 0 saturated heterocycles. The number of benzene rings is 4. The number of ether oxygens (including phenoxy) is 2. The zero-order valence-electron chi connectivity index (χ0n) is 31.2. The summed E-state index contributed by atoms with van der Waals surface area (Å²) in [5.74, 6) is 2.79. The Balaban J connectivity index is 0.00000257. The van der Waals surface area contributed by atoms with E-state index in [0.717, 1.165) is 55.4 Å². The molecule has 4 heterocycles. The molecular weight excluding hydrogens is 956 g/mol. The van der Waals surface area contributed by atoms with E-state index in [1.165, 1.54) is 0 Å². The van der Waals surface area contributed by atoms with Crippen molar-refractivity contribution in [1.29, 1.82) is 0 Å². The summed E-state index contributed by atoms with van der Waals surface area (Å²) >= 11 is 0. The maximum Gasteiger partial charge on any atom is 2.00 e. The summed E-state index contributed by atoms with van der Waals surface area (Å²) in [6, 6.07) is 43.7. The number of nitrogens with zero attached hydrogens (tertiary/aromatic N) is 5. The number of pyridine rings is 2. The van der Waals surface area contributed by atoms with Gasteiger partial charge in [0.05, 0.1) is 0 Å². The van der Waals surface area contributed by atoms with Crippen molar-refractivity contribution < 1.29 is 51.0 Å². The molecule has 278 valence electrons. The minimum absolute atomic E-state index is 0. The maximum atomic E-state index is 6.68. The Hall–Kier alpha value is -4.99. The van der Waals surface area contributed by atoms with E-state index < -0.39 is 0 Å². The first-order valence-electron chi connectivity index (χ1n) is 17.6. The molecule has 0 atom stereocenters. The summed E-state index contributed by atoms with van der Waals surface area (Å²) in [5.41, 5.74) is 6.24. The average Bonchev–Trinajstić information content (AvgIpc) is 3.47. The smallest absolute Gasteiger partial charge is 0.503 e. The van der Waals surface area contributed by atoms with E-state index >= 15 is 0 Å². The SMILES string of the molecule is CC(C)(C)c1cc2c3cc(C(C)(C)C)c(Oc4[c-]c(-c5ccccn5)ccc4)[c-]c3n(-c3ncccn3)c2[c-]c1Oc1[c-]c(-c2ccccn2)ccc1.[Pd+2].[Pt+2]. The van der Waals surface area contributed by atoms with Crippen LogP contribution >= 0.6 is 0 Å². The summed E-state index contributed by atoms with van der Waals surface area (Å²) in [6.45, 7) is 13.1. The van der Waals surface area contributed by atoms with Gasteiger partial charge >= 0.3 is 41.5 Å². The van der Waals surface area contributed by atoms with Crippen LogP contribution < -0.4 is 9.47 Å². The molecule has 7 nitrogen and oxygen atoms in total. The van der Waals surface area contributed by atoms with Gasteiger partial charge in [-0.3, -0.25) is 0 Å². The van der Waals surface area contributed by atoms with Crippen LogP contribution in [0.25, 0.3) is 50.3 Å². The Labute approximate surface area is 350 Å². The second-order valence-corrected chi connectivity index (χ2v) is 14.9. The Morgan fingerprint density at radius 3 is 1.35 bits per heavy atom. The largest absolute Gasteiger partial charge is 2.00 e. The van der Waals surface area contributed by atoms with Gasteiger partial charge in [0.25, 0.3) is 0 Å². The van der Waals surface area contributed by atoms with Crippen molar-refractivity contribution in [3.63, 3.8) is 0 Å². The van der Waals surface area contributed by atoms with Crippen LogP contribution in [0, 0.1) is 24.3 Å². The minimum Gasteiger partial charge on any atom is -0.503 e. The van der Waals surface area contributed by atoms with Crippen molar-refractivity contribution in [1.82, 2.24) is 24.5 Å². The molecule has 55 heavy (non-hydrogen) atoms. The van der Waals surface area contributed by atoms with E-state index in [1.54, 1.807) is 30.9 Å². The average molecular weight is 993 g/mol. The van der Waals surface area contributed by atoms with Gasteiger partial charge in [-0.15, -0.1) is 70.8 Å². The van der Waals surface area contributed by atoms with Gasteiger partial charge in [0, 0.05) is 47.8 Å². The third-order valence-electron chi connectivity index (χ3n) is 8.99. The predicted octanol–water partition coefficient (Wildman–Crippen LogP) is 11.1. The number of hydrogen-bond donors (Lipinski definition) is 0. The van der Waals surface area contributed by atoms with Crippen LogP contribution in [0.2, 0.25) is 0 Å². The van der Waals surface area contributed by atoms with Crippen LogP contribution in [0.5, 0.6) is 23.0 Å². The van der Waals surface area contributed by atoms with Gasteiger partial charge in [0.15, 0.2) is 0 Å². The fourth-order valence-electron chi connectivity index (χ4n) is 6.38. The standard InChI is InChI=1S/C46H37N5O2.Pd.Pt/c1-45(2,3)36-26-34-35-27-37(46(4,5)6)43(53-33-17-12-15-31(25-33)39-19-8-10-21-48-39)29-41(35)51(44-49-22-13-23-50-44)40(34)28-42(36)52-32-16-11-14-30(24-32)38-18-7-9-20-47-38;;/h7-23,26-27H,1-6H3;;/q-4;2*+2. The Morgan fingerprint density at radius 2 is 0.945 bits per heavy atom. The summed E-state index contributed by atoms with van der Waals surface area (Å²) in [4.78, 5) is 18.4. The molecule has 0 fully saturated rings. The normalized spacial score (nSPS) is 11.5. The topological polar surface area (TPSA) is 75.0 Å². The summed E-state index contributed by atoms with van der Waals surface area (Å²) in [7, 11) is 0. The summed E-state index contributed by atoms with van der Waals surface area (Å²) in [6.07, 6.45) is 7.02. The van der Waals surface area contributed by atoms with Crippen molar-refractivity contribution in [2.45, 2.75) is 52.4 Å². The van der Waals surface area contributed by atoms with Gasteiger partial charge in [-0.1, -0.05) is 99.8 Å². The molecule has 8 rings (SSSR count). The van der Waals surface area contributed by atoms with Crippen molar-refractivity contribution in [2.75, 3.05) is 0 Å². The molecule has 4 aromatic carbocycles. The Bertz CT molecular complexity index is 2420. The molecular formula is C46H37N5O2PdPt.